The summed E-state index contributed by atoms with van der Waals surface area (Å²) in [7, 11) is 0. The van der Waals surface area contributed by atoms with Crippen molar-refractivity contribution in [3.8, 4) is 0 Å². The van der Waals surface area contributed by atoms with E-state index in [1.165, 1.54) is 28.8 Å². The summed E-state index contributed by atoms with van der Waals surface area (Å²) < 4.78 is 19.7. The zero-order valence-corrected chi connectivity index (χ0v) is 18.0. The van der Waals surface area contributed by atoms with Gasteiger partial charge in [0.05, 0.1) is 10.6 Å². The van der Waals surface area contributed by atoms with Gasteiger partial charge in [0.15, 0.2) is 9.41 Å². The first kappa shape index (κ1) is 20.2. The standard InChI is InChI=1S/C21H13ClFNO2S3/c22-14-6-4-13(5-7-14)12-28-19-9-8-17(26-19)11-18-20(25)24(21(27)29-18)16-3-1-2-15(23)10-16/h1-11H,12H2. The largest absolute Gasteiger partial charge is 0.450 e. The number of nitrogens with zero attached hydrogens (tertiary/aromatic N) is 1. The number of carbonyl (C=O) groups is 1. The molecule has 0 N–H and O–H groups in total. The van der Waals surface area contributed by atoms with Gasteiger partial charge in [-0.15, -0.1) is 0 Å². The number of hydrogen-bond acceptors (Lipinski definition) is 5. The van der Waals surface area contributed by atoms with E-state index in [4.69, 9.17) is 28.2 Å². The molecule has 0 unspecified atom stereocenters. The molecule has 2 aromatic carbocycles. The quantitative estimate of drug-likeness (QED) is 0.238. The van der Waals surface area contributed by atoms with Gasteiger partial charge in [0.2, 0.25) is 0 Å². The van der Waals surface area contributed by atoms with Crippen LogP contribution in [0.15, 0.2) is 75.1 Å². The van der Waals surface area contributed by atoms with Crippen molar-refractivity contribution in [2.75, 3.05) is 4.90 Å². The maximum Gasteiger partial charge on any atom is 0.270 e. The summed E-state index contributed by atoms with van der Waals surface area (Å²) in [6.07, 6.45) is 1.66. The first-order chi connectivity index (χ1) is 14.0. The van der Waals surface area contributed by atoms with Crippen molar-refractivity contribution in [3.05, 3.63) is 87.7 Å². The van der Waals surface area contributed by atoms with Gasteiger partial charge >= 0.3 is 0 Å². The van der Waals surface area contributed by atoms with E-state index >= 15 is 0 Å². The molecule has 0 saturated carbocycles. The van der Waals surface area contributed by atoms with Crippen LogP contribution in [-0.2, 0) is 10.5 Å². The second kappa shape index (κ2) is 8.75. The first-order valence-electron chi connectivity index (χ1n) is 8.50. The van der Waals surface area contributed by atoms with Gasteiger partial charge in [0.25, 0.3) is 5.91 Å². The van der Waals surface area contributed by atoms with Gasteiger partial charge in [-0.25, -0.2) is 4.39 Å². The van der Waals surface area contributed by atoms with Crippen LogP contribution in [0.25, 0.3) is 6.08 Å². The van der Waals surface area contributed by atoms with Crippen LogP contribution in [0.1, 0.15) is 11.3 Å². The molecule has 0 atom stereocenters. The Bertz CT molecular complexity index is 1110. The third-order valence-corrected chi connectivity index (χ3v) is 6.57. The van der Waals surface area contributed by atoms with E-state index in [-0.39, 0.29) is 5.91 Å². The summed E-state index contributed by atoms with van der Waals surface area (Å²) in [5.74, 6) is 0.584. The van der Waals surface area contributed by atoms with Gasteiger partial charge in [-0.05, 0) is 48.0 Å². The van der Waals surface area contributed by atoms with Gasteiger partial charge in [-0.2, -0.15) is 0 Å². The number of rotatable bonds is 5. The fourth-order valence-corrected chi connectivity index (χ4v) is 4.89. The minimum atomic E-state index is -0.422. The fraction of sp³-hybridized carbons (Fsp3) is 0.0476. The second-order valence-electron chi connectivity index (χ2n) is 6.07. The maximum atomic E-state index is 13.5. The minimum Gasteiger partial charge on any atom is -0.450 e. The lowest BCUT2D eigenvalue weighted by Gasteiger charge is -2.14. The van der Waals surface area contributed by atoms with Crippen molar-refractivity contribution in [2.24, 2.45) is 0 Å². The number of amides is 1. The van der Waals surface area contributed by atoms with E-state index in [9.17, 15) is 9.18 Å². The molecule has 4 rings (SSSR count). The Labute approximate surface area is 185 Å². The molecular formula is C21H13ClFNO2S3. The van der Waals surface area contributed by atoms with Crippen molar-refractivity contribution in [3.63, 3.8) is 0 Å². The zero-order chi connectivity index (χ0) is 20.4. The van der Waals surface area contributed by atoms with Crippen molar-refractivity contribution in [1.82, 2.24) is 0 Å². The van der Waals surface area contributed by atoms with E-state index < -0.39 is 5.82 Å². The van der Waals surface area contributed by atoms with E-state index in [0.717, 1.165) is 16.4 Å². The number of benzene rings is 2. The summed E-state index contributed by atoms with van der Waals surface area (Å²) in [5, 5.41) is 1.45. The van der Waals surface area contributed by atoms with E-state index in [1.807, 2.05) is 30.3 Å². The Morgan fingerprint density at radius 2 is 1.97 bits per heavy atom. The van der Waals surface area contributed by atoms with Gasteiger partial charge in [0, 0.05) is 16.9 Å². The van der Waals surface area contributed by atoms with E-state index in [2.05, 4.69) is 0 Å². The summed E-state index contributed by atoms with van der Waals surface area (Å²) in [6.45, 7) is 0. The van der Waals surface area contributed by atoms with Crippen LogP contribution >= 0.6 is 47.3 Å². The van der Waals surface area contributed by atoms with Crippen molar-refractivity contribution >= 4 is 69.3 Å². The van der Waals surface area contributed by atoms with Crippen LogP contribution in [0, 0.1) is 5.82 Å². The van der Waals surface area contributed by atoms with Gasteiger partial charge in [0.1, 0.15) is 11.6 Å². The van der Waals surface area contributed by atoms with E-state index in [1.54, 1.807) is 36.0 Å². The number of thioether (sulfide) groups is 2. The molecule has 8 heteroatoms. The molecule has 1 fully saturated rings. The average Bonchev–Trinajstić information content (AvgIpc) is 3.25. The molecule has 146 valence electrons. The third-order valence-electron chi connectivity index (χ3n) is 4.03. The molecular weight excluding hydrogens is 449 g/mol. The Hall–Kier alpha value is -2.06. The number of hydrogen-bond donors (Lipinski definition) is 0. The van der Waals surface area contributed by atoms with Crippen molar-refractivity contribution in [2.45, 2.75) is 10.8 Å². The van der Waals surface area contributed by atoms with Gasteiger partial charge in [-0.1, -0.05) is 65.5 Å². The van der Waals surface area contributed by atoms with Gasteiger partial charge < -0.3 is 4.42 Å². The number of thiocarbonyl (C=S) groups is 1. The predicted octanol–water partition coefficient (Wildman–Crippen LogP) is 6.77. The van der Waals surface area contributed by atoms with Crippen LogP contribution in [0.2, 0.25) is 5.02 Å². The topological polar surface area (TPSA) is 33.5 Å². The minimum absolute atomic E-state index is 0.294. The molecule has 2 heterocycles. The molecule has 3 nitrogen and oxygen atoms in total. The molecule has 0 radical (unpaired) electrons. The molecule has 29 heavy (non-hydrogen) atoms. The number of halogens is 2. The van der Waals surface area contributed by atoms with E-state index in [0.29, 0.717) is 25.7 Å². The smallest absolute Gasteiger partial charge is 0.270 e. The predicted molar refractivity (Wildman–Crippen MR) is 122 cm³/mol. The molecule has 0 bridgehead atoms. The highest BCUT2D eigenvalue weighted by molar-refractivity contribution is 8.27. The summed E-state index contributed by atoms with van der Waals surface area (Å²) in [6, 6.07) is 17.1. The second-order valence-corrected chi connectivity index (χ2v) is 9.16. The average molecular weight is 462 g/mol. The lowest BCUT2D eigenvalue weighted by atomic mass is 10.2. The molecule has 1 aliphatic heterocycles. The normalized spacial score (nSPS) is 15.5. The summed E-state index contributed by atoms with van der Waals surface area (Å²) in [5.41, 5.74) is 1.54. The molecule has 1 aliphatic rings. The van der Waals surface area contributed by atoms with Crippen LogP contribution in [0.4, 0.5) is 10.1 Å². The highest BCUT2D eigenvalue weighted by atomic mass is 35.5. The van der Waals surface area contributed by atoms with Crippen molar-refractivity contribution in [1.29, 1.82) is 0 Å². The molecule has 0 spiro atoms. The highest BCUT2D eigenvalue weighted by Gasteiger charge is 2.33. The number of carbonyl (C=O) groups excluding carboxylic acids is 1. The SMILES string of the molecule is O=C1C(=Cc2ccc(SCc3ccc(Cl)cc3)o2)SC(=S)N1c1cccc(F)c1. The lowest BCUT2D eigenvalue weighted by molar-refractivity contribution is -0.113. The van der Waals surface area contributed by atoms with Crippen LogP contribution in [-0.4, -0.2) is 10.2 Å². The fourth-order valence-electron chi connectivity index (χ4n) is 2.66. The molecule has 0 aliphatic carbocycles. The molecule has 1 saturated heterocycles. The van der Waals surface area contributed by atoms with Crippen LogP contribution in [0.5, 0.6) is 0 Å². The Morgan fingerprint density at radius 3 is 2.72 bits per heavy atom. The third kappa shape index (κ3) is 4.75. The highest BCUT2D eigenvalue weighted by Crippen LogP contribution is 2.37. The van der Waals surface area contributed by atoms with Crippen LogP contribution < -0.4 is 4.90 Å². The Balaban J connectivity index is 1.46. The molecule has 1 aromatic heterocycles. The first-order valence-corrected chi connectivity index (χ1v) is 11.1. The molecule has 3 aromatic rings. The van der Waals surface area contributed by atoms with Crippen molar-refractivity contribution < 1.29 is 13.6 Å². The number of furan rings is 1. The molecule has 1 amide bonds. The van der Waals surface area contributed by atoms with Crippen LogP contribution in [0.3, 0.4) is 0 Å². The lowest BCUT2D eigenvalue weighted by Crippen LogP contribution is -2.27. The maximum absolute atomic E-state index is 13.5. The van der Waals surface area contributed by atoms with Gasteiger partial charge in [-0.3, -0.25) is 9.69 Å². The Kier molecular flexibility index (Phi) is 6.10. The summed E-state index contributed by atoms with van der Waals surface area (Å²) >= 11 is 13.9. The summed E-state index contributed by atoms with van der Waals surface area (Å²) in [4.78, 5) is 14.5. The zero-order valence-electron chi connectivity index (χ0n) is 14.8. The monoisotopic (exact) mass is 461 g/mol. The number of anilines is 1. The Morgan fingerprint density at radius 1 is 1.17 bits per heavy atom.